The first-order chi connectivity index (χ1) is 11.0. The van der Waals surface area contributed by atoms with E-state index in [9.17, 15) is 4.79 Å². The van der Waals surface area contributed by atoms with Gasteiger partial charge < -0.3 is 15.8 Å². The first-order valence-electron chi connectivity index (χ1n) is 7.62. The van der Waals surface area contributed by atoms with Gasteiger partial charge in [0, 0.05) is 18.0 Å². The van der Waals surface area contributed by atoms with E-state index in [1.807, 2.05) is 24.3 Å². The summed E-state index contributed by atoms with van der Waals surface area (Å²) in [5.41, 5.74) is 7.06. The third-order valence-electron chi connectivity index (χ3n) is 3.71. The fraction of sp³-hybridized carbons (Fsp3) is 0.412. The number of benzene rings is 1. The zero-order valence-electron chi connectivity index (χ0n) is 13.7. The van der Waals surface area contributed by atoms with E-state index in [1.54, 1.807) is 12.5 Å². The molecule has 0 fully saturated rings. The lowest BCUT2D eigenvalue weighted by Gasteiger charge is -2.23. The number of hydrogen-bond acceptors (Lipinski definition) is 5. The van der Waals surface area contributed by atoms with Crippen molar-refractivity contribution in [2.24, 2.45) is 11.7 Å². The Morgan fingerprint density at radius 2 is 2.13 bits per heavy atom. The molecule has 2 rings (SSSR count). The highest BCUT2D eigenvalue weighted by molar-refractivity contribution is 7.09. The number of aromatic nitrogens is 1. The lowest BCUT2D eigenvalue weighted by molar-refractivity contribution is 0.0921. The highest BCUT2D eigenvalue weighted by Crippen LogP contribution is 2.21. The molecule has 1 amide bonds. The van der Waals surface area contributed by atoms with E-state index in [-0.39, 0.29) is 17.9 Å². The monoisotopic (exact) mass is 333 g/mol. The van der Waals surface area contributed by atoms with Crippen molar-refractivity contribution in [2.45, 2.75) is 32.9 Å². The van der Waals surface area contributed by atoms with E-state index >= 15 is 0 Å². The number of hydrogen-bond donors (Lipinski definition) is 2. The number of nitrogens with two attached hydrogens (primary N) is 1. The van der Waals surface area contributed by atoms with E-state index in [1.165, 1.54) is 11.3 Å². The maximum atomic E-state index is 12.4. The van der Waals surface area contributed by atoms with Gasteiger partial charge in [-0.25, -0.2) is 4.98 Å². The molecule has 23 heavy (non-hydrogen) atoms. The first kappa shape index (κ1) is 17.4. The first-order valence-corrected chi connectivity index (χ1v) is 8.50. The second-order valence-electron chi connectivity index (χ2n) is 5.67. The number of rotatable bonds is 7. The van der Waals surface area contributed by atoms with E-state index in [2.05, 4.69) is 24.1 Å². The molecule has 124 valence electrons. The minimum absolute atomic E-state index is 0.00169. The molecular formula is C17H23N3O2S. The molecule has 6 heteroatoms. The Morgan fingerprint density at radius 1 is 1.39 bits per heavy atom. The molecule has 0 aliphatic rings. The van der Waals surface area contributed by atoms with Crippen LogP contribution in [0.25, 0.3) is 0 Å². The lowest BCUT2D eigenvalue weighted by Crippen LogP contribution is -2.40. The number of thiazole rings is 1. The third kappa shape index (κ3) is 4.53. The number of carbonyl (C=O) groups excluding carboxylic acids is 1. The lowest BCUT2D eigenvalue weighted by atomic mass is 9.95. The molecule has 0 bridgehead atoms. The zero-order chi connectivity index (χ0) is 16.8. The fourth-order valence-corrected chi connectivity index (χ4v) is 2.97. The van der Waals surface area contributed by atoms with E-state index in [4.69, 9.17) is 10.5 Å². The largest absolute Gasteiger partial charge is 0.496 e. The van der Waals surface area contributed by atoms with Crippen LogP contribution in [0.5, 0.6) is 5.75 Å². The Kier molecular flexibility index (Phi) is 6.12. The molecule has 0 saturated heterocycles. The average molecular weight is 333 g/mol. The second-order valence-corrected chi connectivity index (χ2v) is 6.61. The maximum Gasteiger partial charge on any atom is 0.270 e. The quantitative estimate of drug-likeness (QED) is 0.816. The topological polar surface area (TPSA) is 77.2 Å². The number of carbonyl (C=O) groups is 1. The Labute approximate surface area is 140 Å². The summed E-state index contributed by atoms with van der Waals surface area (Å²) in [6.45, 7) is 4.53. The van der Waals surface area contributed by atoms with Crippen molar-refractivity contribution in [1.29, 1.82) is 0 Å². The highest BCUT2D eigenvalue weighted by Gasteiger charge is 2.20. The Bertz CT molecular complexity index is 655. The van der Waals surface area contributed by atoms with Gasteiger partial charge in [0.15, 0.2) is 0 Å². The predicted molar refractivity (Wildman–Crippen MR) is 92.8 cm³/mol. The number of ether oxygens (including phenoxy) is 1. The minimum atomic E-state index is -0.158. The molecule has 0 aliphatic heterocycles. The minimum Gasteiger partial charge on any atom is -0.496 e. The molecule has 1 unspecified atom stereocenters. The maximum absolute atomic E-state index is 12.4. The van der Waals surface area contributed by atoms with Crippen LogP contribution in [-0.4, -0.2) is 24.0 Å². The van der Waals surface area contributed by atoms with E-state index < -0.39 is 0 Å². The smallest absolute Gasteiger partial charge is 0.270 e. The molecule has 3 N–H and O–H groups in total. The van der Waals surface area contributed by atoms with Crippen LogP contribution in [0.2, 0.25) is 0 Å². The summed E-state index contributed by atoms with van der Waals surface area (Å²) in [5.74, 6) is 0.970. The van der Waals surface area contributed by atoms with Crippen LogP contribution in [-0.2, 0) is 13.0 Å². The van der Waals surface area contributed by atoms with Crippen molar-refractivity contribution in [2.75, 3.05) is 7.11 Å². The number of amides is 1. The molecule has 0 spiro atoms. The van der Waals surface area contributed by atoms with Crippen LogP contribution >= 0.6 is 11.3 Å². The Hall–Kier alpha value is -1.92. The molecule has 0 saturated carbocycles. The van der Waals surface area contributed by atoms with Gasteiger partial charge in [-0.1, -0.05) is 32.0 Å². The SMILES string of the molecule is COc1ccccc1CC(NC(=O)c1csc(CN)n1)C(C)C. The van der Waals surface area contributed by atoms with Crippen LogP contribution < -0.4 is 15.8 Å². The molecule has 0 aliphatic carbocycles. The molecule has 2 aromatic rings. The van der Waals surface area contributed by atoms with Crippen LogP contribution in [0, 0.1) is 5.92 Å². The molecule has 1 atom stereocenters. The summed E-state index contributed by atoms with van der Waals surface area (Å²) < 4.78 is 5.40. The van der Waals surface area contributed by atoms with E-state index in [0.29, 0.717) is 18.7 Å². The Morgan fingerprint density at radius 3 is 2.74 bits per heavy atom. The van der Waals surface area contributed by atoms with Gasteiger partial charge in [0.1, 0.15) is 16.5 Å². The third-order valence-corrected chi connectivity index (χ3v) is 4.58. The van der Waals surface area contributed by atoms with Crippen LogP contribution in [0.15, 0.2) is 29.6 Å². The number of para-hydroxylation sites is 1. The number of methoxy groups -OCH3 is 1. The highest BCUT2D eigenvalue weighted by atomic mass is 32.1. The molecule has 0 radical (unpaired) electrons. The molecule has 1 aromatic carbocycles. The van der Waals surface area contributed by atoms with Crippen molar-refractivity contribution in [3.63, 3.8) is 0 Å². The van der Waals surface area contributed by atoms with Gasteiger partial charge in [-0.3, -0.25) is 4.79 Å². The van der Waals surface area contributed by atoms with Crippen LogP contribution in [0.4, 0.5) is 0 Å². The van der Waals surface area contributed by atoms with Crippen molar-refractivity contribution in [3.8, 4) is 5.75 Å². The zero-order valence-corrected chi connectivity index (χ0v) is 14.5. The summed E-state index contributed by atoms with van der Waals surface area (Å²) in [5, 5.41) is 5.59. The summed E-state index contributed by atoms with van der Waals surface area (Å²) in [6, 6.07) is 7.87. The van der Waals surface area contributed by atoms with Crippen molar-refractivity contribution < 1.29 is 9.53 Å². The van der Waals surface area contributed by atoms with Crippen molar-refractivity contribution in [3.05, 3.63) is 45.9 Å². The van der Waals surface area contributed by atoms with Gasteiger partial charge in [-0.15, -0.1) is 11.3 Å². The number of nitrogens with one attached hydrogen (secondary N) is 1. The normalized spacial score (nSPS) is 12.2. The second kappa shape index (κ2) is 8.08. The number of nitrogens with zero attached hydrogens (tertiary/aromatic N) is 1. The average Bonchev–Trinajstić information content (AvgIpc) is 3.03. The summed E-state index contributed by atoms with van der Waals surface area (Å²) >= 11 is 1.41. The van der Waals surface area contributed by atoms with Gasteiger partial charge in [-0.2, -0.15) is 0 Å². The molecule has 1 aromatic heterocycles. The summed E-state index contributed by atoms with van der Waals surface area (Å²) in [6.07, 6.45) is 0.710. The van der Waals surface area contributed by atoms with E-state index in [0.717, 1.165) is 16.3 Å². The summed E-state index contributed by atoms with van der Waals surface area (Å²) in [7, 11) is 1.66. The van der Waals surface area contributed by atoms with Crippen molar-refractivity contribution in [1.82, 2.24) is 10.3 Å². The standard InChI is InChI=1S/C17H23N3O2S/c1-11(2)13(8-12-6-4-5-7-15(12)22-3)20-17(21)14-10-23-16(9-18)19-14/h4-7,10-11,13H,8-9,18H2,1-3H3,(H,20,21). The Balaban J connectivity index is 2.11. The van der Waals surface area contributed by atoms with Gasteiger partial charge in [0.2, 0.25) is 0 Å². The summed E-state index contributed by atoms with van der Waals surface area (Å²) in [4.78, 5) is 16.6. The molecule has 1 heterocycles. The fourth-order valence-electron chi connectivity index (χ4n) is 2.31. The van der Waals surface area contributed by atoms with Crippen molar-refractivity contribution >= 4 is 17.2 Å². The van der Waals surface area contributed by atoms with Gasteiger partial charge >= 0.3 is 0 Å². The van der Waals surface area contributed by atoms with Gasteiger partial charge in [0.25, 0.3) is 5.91 Å². The van der Waals surface area contributed by atoms with Crippen LogP contribution in [0.3, 0.4) is 0 Å². The van der Waals surface area contributed by atoms with Crippen LogP contribution in [0.1, 0.15) is 34.9 Å². The predicted octanol–water partition coefficient (Wildman–Crippen LogP) is 2.61. The van der Waals surface area contributed by atoms with Gasteiger partial charge in [-0.05, 0) is 24.0 Å². The molecular weight excluding hydrogens is 310 g/mol. The van der Waals surface area contributed by atoms with Gasteiger partial charge in [0.05, 0.1) is 7.11 Å². The molecule has 5 nitrogen and oxygen atoms in total.